The number of sulfonamides is 1. The van der Waals surface area contributed by atoms with Crippen LogP contribution in [0, 0.1) is 13.8 Å². The average Bonchev–Trinajstić information content (AvgIpc) is 3.28. The summed E-state index contributed by atoms with van der Waals surface area (Å²) in [4.78, 5) is 32.2. The van der Waals surface area contributed by atoms with Crippen LogP contribution in [0.4, 0.5) is 0 Å². The summed E-state index contributed by atoms with van der Waals surface area (Å²) in [6, 6.07) is 11.1. The van der Waals surface area contributed by atoms with Crippen LogP contribution in [0.1, 0.15) is 40.5 Å². The maximum absolute atomic E-state index is 13.1. The minimum atomic E-state index is -4.04. The number of nitrogens with one attached hydrogen (secondary N) is 4. The second-order valence-electron chi connectivity index (χ2n) is 9.05. The predicted octanol–water partition coefficient (Wildman–Crippen LogP) is 3.78. The van der Waals surface area contributed by atoms with Gasteiger partial charge in [-0.05, 0) is 68.5 Å². The Morgan fingerprint density at radius 2 is 1.85 bits per heavy atom. The summed E-state index contributed by atoms with van der Waals surface area (Å²) in [5, 5.41) is 6.73. The smallest absolute Gasteiger partial charge is 0.281 e. The molecule has 0 saturated heterocycles. The van der Waals surface area contributed by atoms with Crippen molar-refractivity contribution in [1.29, 1.82) is 0 Å². The number of amides is 2. The number of carbonyl (C=O) groups excluding carboxylic acids is 2. The Hall–Kier alpha value is -3.83. The van der Waals surface area contributed by atoms with E-state index in [0.717, 1.165) is 22.0 Å². The molecule has 0 aliphatic rings. The minimum absolute atomic E-state index is 0.171. The van der Waals surface area contributed by atoms with E-state index in [9.17, 15) is 18.0 Å². The van der Waals surface area contributed by atoms with Crippen molar-refractivity contribution in [3.05, 3.63) is 75.7 Å². The lowest BCUT2D eigenvalue weighted by Crippen LogP contribution is -2.39. The molecular formula is C28H34ClN5O5S. The number of aliphatic imine (C=N–C) groups is 1. The van der Waals surface area contributed by atoms with Gasteiger partial charge in [-0.15, -0.1) is 0 Å². The van der Waals surface area contributed by atoms with Gasteiger partial charge in [0.15, 0.2) is 0 Å². The van der Waals surface area contributed by atoms with Gasteiger partial charge in [0.25, 0.3) is 11.8 Å². The SMILES string of the molecule is CC=N/C=C(\NC)C(=O)NCCS(=O)(=O)NC(=O)c1[nH]c2ccccc2c1CCCOc1cc(C)c(Cl)c(C)c1. The molecule has 10 nitrogen and oxygen atoms in total. The van der Waals surface area contributed by atoms with Crippen molar-refractivity contribution in [3.63, 3.8) is 0 Å². The number of fused-ring (bicyclic) bond motifs is 1. The largest absolute Gasteiger partial charge is 0.494 e. The van der Waals surface area contributed by atoms with E-state index < -0.39 is 27.6 Å². The second kappa shape index (κ2) is 14.0. The van der Waals surface area contributed by atoms with Gasteiger partial charge in [0.05, 0.1) is 18.6 Å². The first kappa shape index (κ1) is 30.7. The van der Waals surface area contributed by atoms with Gasteiger partial charge in [0, 0.05) is 35.7 Å². The molecule has 2 aromatic carbocycles. The van der Waals surface area contributed by atoms with Gasteiger partial charge in [0.1, 0.15) is 17.1 Å². The Bertz CT molecular complexity index is 1520. The van der Waals surface area contributed by atoms with Gasteiger partial charge in [-0.25, -0.2) is 13.1 Å². The molecule has 0 radical (unpaired) electrons. The van der Waals surface area contributed by atoms with Gasteiger partial charge < -0.3 is 20.4 Å². The highest BCUT2D eigenvalue weighted by Crippen LogP contribution is 2.27. The number of aryl methyl sites for hydroxylation is 3. The third-order valence-electron chi connectivity index (χ3n) is 6.06. The van der Waals surface area contributed by atoms with Crippen LogP contribution < -0.4 is 20.1 Å². The average molecular weight is 588 g/mol. The van der Waals surface area contributed by atoms with Crippen molar-refractivity contribution < 1.29 is 22.7 Å². The number of nitrogens with zero attached hydrogens (tertiary/aromatic N) is 1. The van der Waals surface area contributed by atoms with E-state index in [4.69, 9.17) is 16.3 Å². The summed E-state index contributed by atoms with van der Waals surface area (Å²) in [6.07, 6.45) is 3.90. The third-order valence-corrected chi connectivity index (χ3v) is 7.90. The lowest BCUT2D eigenvalue weighted by atomic mass is 10.1. The first-order valence-corrected chi connectivity index (χ1v) is 14.8. The number of hydrogen-bond donors (Lipinski definition) is 4. The summed E-state index contributed by atoms with van der Waals surface area (Å²) in [5.41, 5.74) is 3.62. The standard InChI is InChI=1S/C28H34ClN5O5S/c1-5-31-17-24(30-4)27(35)32-12-14-40(37,38)34-28(36)26-22(21-9-6-7-11-23(21)33-26)10-8-13-39-20-15-18(2)25(29)19(3)16-20/h5-7,9,11,15-17,30,33H,8,10,12-14H2,1-4H3,(H,32,35)(H,34,36)/b24-17-,31-5?. The summed E-state index contributed by atoms with van der Waals surface area (Å²) >= 11 is 6.24. The number of rotatable bonds is 13. The minimum Gasteiger partial charge on any atom is -0.494 e. The molecule has 4 N–H and O–H groups in total. The van der Waals surface area contributed by atoms with E-state index in [2.05, 4.69) is 25.3 Å². The van der Waals surface area contributed by atoms with Crippen LogP contribution >= 0.6 is 11.6 Å². The van der Waals surface area contributed by atoms with Crippen molar-refractivity contribution in [1.82, 2.24) is 20.3 Å². The zero-order valence-electron chi connectivity index (χ0n) is 22.9. The summed E-state index contributed by atoms with van der Waals surface area (Å²) in [5.74, 6) is -1.05. The van der Waals surface area contributed by atoms with Crippen LogP contribution in [0.2, 0.25) is 5.02 Å². The molecular weight excluding hydrogens is 554 g/mol. The first-order chi connectivity index (χ1) is 19.1. The predicted molar refractivity (Wildman–Crippen MR) is 159 cm³/mol. The van der Waals surface area contributed by atoms with Crippen LogP contribution in [0.3, 0.4) is 0 Å². The van der Waals surface area contributed by atoms with Gasteiger partial charge in [-0.1, -0.05) is 29.8 Å². The lowest BCUT2D eigenvalue weighted by molar-refractivity contribution is -0.117. The van der Waals surface area contributed by atoms with Crippen LogP contribution in [0.25, 0.3) is 10.9 Å². The number of para-hydroxylation sites is 1. The van der Waals surface area contributed by atoms with Crippen LogP contribution in [-0.4, -0.2) is 57.4 Å². The van der Waals surface area contributed by atoms with Crippen molar-refractivity contribution in [2.24, 2.45) is 4.99 Å². The Morgan fingerprint density at radius 1 is 1.15 bits per heavy atom. The number of aromatic nitrogens is 1. The molecule has 3 rings (SSSR count). The molecule has 0 spiro atoms. The highest BCUT2D eigenvalue weighted by Gasteiger charge is 2.22. The molecule has 0 fully saturated rings. The molecule has 40 heavy (non-hydrogen) atoms. The van der Waals surface area contributed by atoms with Crippen molar-refractivity contribution in [2.75, 3.05) is 26.0 Å². The van der Waals surface area contributed by atoms with E-state index in [0.29, 0.717) is 35.8 Å². The molecule has 0 unspecified atom stereocenters. The number of halogens is 1. The Morgan fingerprint density at radius 3 is 2.52 bits per heavy atom. The van der Waals surface area contributed by atoms with Gasteiger partial charge in [0.2, 0.25) is 10.0 Å². The maximum atomic E-state index is 13.1. The fourth-order valence-corrected chi connectivity index (χ4v) is 5.07. The molecule has 0 saturated carbocycles. The van der Waals surface area contributed by atoms with Gasteiger partial charge in [-0.3, -0.25) is 14.6 Å². The van der Waals surface area contributed by atoms with Crippen molar-refractivity contribution >= 4 is 50.6 Å². The normalized spacial score (nSPS) is 12.1. The van der Waals surface area contributed by atoms with Crippen molar-refractivity contribution in [3.8, 4) is 5.75 Å². The Balaban J connectivity index is 1.65. The molecule has 0 aliphatic heterocycles. The number of benzene rings is 2. The van der Waals surface area contributed by atoms with E-state index >= 15 is 0 Å². The van der Waals surface area contributed by atoms with E-state index in [1.165, 1.54) is 12.4 Å². The van der Waals surface area contributed by atoms with Crippen LogP contribution in [0.5, 0.6) is 5.75 Å². The maximum Gasteiger partial charge on any atom is 0.281 e. The number of hydrogen-bond acceptors (Lipinski definition) is 7. The zero-order chi connectivity index (χ0) is 29.3. The quantitative estimate of drug-likeness (QED) is 0.136. The monoisotopic (exact) mass is 587 g/mol. The van der Waals surface area contributed by atoms with E-state index in [1.807, 2.05) is 50.2 Å². The molecule has 1 aromatic heterocycles. The van der Waals surface area contributed by atoms with Crippen LogP contribution in [0.15, 0.2) is 53.3 Å². The van der Waals surface area contributed by atoms with Crippen LogP contribution in [-0.2, 0) is 21.2 Å². The number of ether oxygens (including phenoxy) is 1. The molecule has 0 bridgehead atoms. The van der Waals surface area contributed by atoms with Crippen molar-refractivity contribution in [2.45, 2.75) is 33.6 Å². The van der Waals surface area contributed by atoms with E-state index in [-0.39, 0.29) is 17.9 Å². The topological polar surface area (TPSA) is 142 Å². The number of aromatic amines is 1. The fraction of sp³-hybridized carbons (Fsp3) is 0.321. The molecule has 3 aromatic rings. The summed E-state index contributed by atoms with van der Waals surface area (Å²) in [6.45, 7) is 5.73. The molecule has 2 amide bonds. The number of H-pyrrole nitrogens is 1. The third kappa shape index (κ3) is 8.09. The summed E-state index contributed by atoms with van der Waals surface area (Å²) < 4.78 is 33.3. The summed E-state index contributed by atoms with van der Waals surface area (Å²) in [7, 11) is -2.49. The number of likely N-dealkylation sites (N-methyl/N-ethyl adjacent to an activating group) is 1. The van der Waals surface area contributed by atoms with E-state index in [1.54, 1.807) is 14.0 Å². The fourth-order valence-electron chi connectivity index (χ4n) is 4.11. The van der Waals surface area contributed by atoms with Gasteiger partial charge >= 0.3 is 0 Å². The lowest BCUT2D eigenvalue weighted by Gasteiger charge is -2.11. The Kier molecular flexibility index (Phi) is 10.7. The highest BCUT2D eigenvalue weighted by molar-refractivity contribution is 7.90. The van der Waals surface area contributed by atoms with Gasteiger partial charge in [-0.2, -0.15) is 0 Å². The molecule has 0 atom stereocenters. The molecule has 214 valence electrons. The molecule has 0 aliphatic carbocycles. The molecule has 12 heteroatoms. The highest BCUT2D eigenvalue weighted by atomic mass is 35.5. The zero-order valence-corrected chi connectivity index (χ0v) is 24.5. The molecule has 1 heterocycles. The second-order valence-corrected chi connectivity index (χ2v) is 11.3. The number of carbonyl (C=O) groups is 2. The first-order valence-electron chi connectivity index (χ1n) is 12.7. The Labute approximate surface area is 239 Å².